The van der Waals surface area contributed by atoms with E-state index in [1.807, 2.05) is 50.4 Å². The van der Waals surface area contributed by atoms with Crippen LogP contribution in [0.5, 0.6) is 0 Å². The summed E-state index contributed by atoms with van der Waals surface area (Å²) in [6, 6.07) is 20.3. The van der Waals surface area contributed by atoms with Crippen LogP contribution < -0.4 is 4.90 Å². The minimum atomic E-state index is -0.0898. The summed E-state index contributed by atoms with van der Waals surface area (Å²) in [5.74, 6) is 1.35. The molecule has 2 heterocycles. The predicted molar refractivity (Wildman–Crippen MR) is 110 cm³/mol. The molecule has 0 bridgehead atoms. The fourth-order valence-corrected chi connectivity index (χ4v) is 3.64. The third kappa shape index (κ3) is 3.88. The summed E-state index contributed by atoms with van der Waals surface area (Å²) in [5.41, 5.74) is 4.25. The first-order valence-corrected chi connectivity index (χ1v) is 9.57. The van der Waals surface area contributed by atoms with Crippen molar-refractivity contribution in [3.8, 4) is 0 Å². The molecule has 4 rings (SSSR count). The van der Waals surface area contributed by atoms with E-state index in [0.29, 0.717) is 18.1 Å². The van der Waals surface area contributed by atoms with Gasteiger partial charge in [0, 0.05) is 32.7 Å². The Morgan fingerprint density at radius 3 is 2.54 bits per heavy atom. The molecule has 0 spiro atoms. The van der Waals surface area contributed by atoms with Gasteiger partial charge in [0.1, 0.15) is 17.3 Å². The van der Waals surface area contributed by atoms with Gasteiger partial charge >= 0.3 is 0 Å². The number of aryl methyl sites for hydroxylation is 1. The maximum atomic E-state index is 13.0. The molecule has 0 radical (unpaired) electrons. The molecule has 0 aliphatic carbocycles. The number of rotatable bonds is 4. The summed E-state index contributed by atoms with van der Waals surface area (Å²) in [6.45, 7) is 4.09. The average molecular weight is 372 g/mol. The smallest absolute Gasteiger partial charge is 0.272 e. The second kappa shape index (κ2) is 7.80. The van der Waals surface area contributed by atoms with Gasteiger partial charge < -0.3 is 9.80 Å². The summed E-state index contributed by atoms with van der Waals surface area (Å²) < 4.78 is 0. The van der Waals surface area contributed by atoms with Gasteiger partial charge in [-0.05, 0) is 30.0 Å². The third-order valence-corrected chi connectivity index (χ3v) is 5.11. The highest BCUT2D eigenvalue weighted by Gasteiger charge is 2.21. The molecule has 0 atom stereocenters. The molecule has 0 saturated carbocycles. The van der Waals surface area contributed by atoms with Gasteiger partial charge in [0.15, 0.2) is 0 Å². The van der Waals surface area contributed by atoms with E-state index in [1.54, 1.807) is 4.90 Å². The molecular weight excluding hydrogens is 348 g/mol. The highest BCUT2D eigenvalue weighted by molar-refractivity contribution is 5.92. The van der Waals surface area contributed by atoms with Gasteiger partial charge in [-0.15, -0.1) is 0 Å². The van der Waals surface area contributed by atoms with Gasteiger partial charge in [-0.3, -0.25) is 4.79 Å². The van der Waals surface area contributed by atoms with Gasteiger partial charge in [0.25, 0.3) is 5.91 Å². The standard InChI is InChI=1S/C23H24N4O/c1-17-24-21(23(28)26(2)15-18-8-4-3-5-9-18)14-22(25-17)27-13-12-19-10-6-7-11-20(19)16-27/h3-11,14H,12-13,15-16H2,1-2H3. The molecule has 1 aromatic heterocycles. The molecule has 28 heavy (non-hydrogen) atoms. The van der Waals surface area contributed by atoms with Crippen LogP contribution >= 0.6 is 0 Å². The molecule has 1 aliphatic rings. The maximum absolute atomic E-state index is 13.0. The Balaban J connectivity index is 1.55. The van der Waals surface area contributed by atoms with Crippen molar-refractivity contribution >= 4 is 11.7 Å². The lowest BCUT2D eigenvalue weighted by atomic mass is 10.00. The Hall–Kier alpha value is -3.21. The second-order valence-corrected chi connectivity index (χ2v) is 7.25. The molecule has 5 nitrogen and oxygen atoms in total. The van der Waals surface area contributed by atoms with Crippen LogP contribution in [0.3, 0.4) is 0 Å². The largest absolute Gasteiger partial charge is 0.352 e. The number of anilines is 1. The zero-order valence-corrected chi connectivity index (χ0v) is 16.3. The van der Waals surface area contributed by atoms with Crippen LogP contribution in [0.1, 0.15) is 33.0 Å². The van der Waals surface area contributed by atoms with E-state index in [1.165, 1.54) is 11.1 Å². The Bertz CT molecular complexity index is 987. The van der Waals surface area contributed by atoms with Crippen LogP contribution in [0, 0.1) is 6.92 Å². The van der Waals surface area contributed by atoms with Crippen molar-refractivity contribution in [3.63, 3.8) is 0 Å². The van der Waals surface area contributed by atoms with E-state index >= 15 is 0 Å². The first-order chi connectivity index (χ1) is 13.6. The fourth-order valence-electron chi connectivity index (χ4n) is 3.64. The fraction of sp³-hybridized carbons (Fsp3) is 0.261. The van der Waals surface area contributed by atoms with Gasteiger partial charge in [-0.2, -0.15) is 0 Å². The van der Waals surface area contributed by atoms with E-state index < -0.39 is 0 Å². The molecule has 142 valence electrons. The molecular formula is C23H24N4O. The number of benzene rings is 2. The second-order valence-electron chi connectivity index (χ2n) is 7.25. The minimum Gasteiger partial charge on any atom is -0.352 e. The molecule has 5 heteroatoms. The van der Waals surface area contributed by atoms with Gasteiger partial charge in [-0.25, -0.2) is 9.97 Å². The number of nitrogens with zero attached hydrogens (tertiary/aromatic N) is 4. The Morgan fingerprint density at radius 2 is 1.75 bits per heavy atom. The lowest BCUT2D eigenvalue weighted by Crippen LogP contribution is -2.32. The molecule has 2 aromatic carbocycles. The molecule has 3 aromatic rings. The van der Waals surface area contributed by atoms with Crippen LogP contribution in [0.2, 0.25) is 0 Å². The lowest BCUT2D eigenvalue weighted by molar-refractivity contribution is 0.0779. The Labute approximate surface area is 165 Å². The number of hydrogen-bond donors (Lipinski definition) is 0. The lowest BCUT2D eigenvalue weighted by Gasteiger charge is -2.30. The quantitative estimate of drug-likeness (QED) is 0.702. The molecule has 1 aliphatic heterocycles. The van der Waals surface area contributed by atoms with Crippen molar-refractivity contribution < 1.29 is 4.79 Å². The van der Waals surface area contributed by atoms with Crippen molar-refractivity contribution in [1.82, 2.24) is 14.9 Å². The predicted octanol–water partition coefficient (Wildman–Crippen LogP) is 3.62. The van der Waals surface area contributed by atoms with Crippen LogP contribution in [0.25, 0.3) is 0 Å². The highest BCUT2D eigenvalue weighted by Crippen LogP contribution is 2.24. The number of fused-ring (bicyclic) bond motifs is 1. The van der Waals surface area contributed by atoms with Crippen molar-refractivity contribution in [1.29, 1.82) is 0 Å². The topological polar surface area (TPSA) is 49.3 Å². The van der Waals surface area contributed by atoms with E-state index in [9.17, 15) is 4.79 Å². The van der Waals surface area contributed by atoms with Crippen molar-refractivity contribution in [2.75, 3.05) is 18.5 Å². The molecule has 0 N–H and O–H groups in total. The number of amides is 1. The summed E-state index contributed by atoms with van der Waals surface area (Å²) in [6.07, 6.45) is 0.983. The maximum Gasteiger partial charge on any atom is 0.272 e. The summed E-state index contributed by atoms with van der Waals surface area (Å²) in [5, 5.41) is 0. The average Bonchev–Trinajstić information content (AvgIpc) is 2.73. The van der Waals surface area contributed by atoms with E-state index in [4.69, 9.17) is 0 Å². The van der Waals surface area contributed by atoms with Gasteiger partial charge in [0.05, 0.1) is 0 Å². The van der Waals surface area contributed by atoms with Crippen LogP contribution in [0.15, 0.2) is 60.7 Å². The third-order valence-electron chi connectivity index (χ3n) is 5.11. The van der Waals surface area contributed by atoms with E-state index in [-0.39, 0.29) is 5.91 Å². The Morgan fingerprint density at radius 1 is 1.04 bits per heavy atom. The van der Waals surface area contributed by atoms with Gasteiger partial charge in [-0.1, -0.05) is 54.6 Å². The monoisotopic (exact) mass is 372 g/mol. The SMILES string of the molecule is Cc1nc(C(=O)N(C)Cc2ccccc2)cc(N2CCc3ccccc3C2)n1. The number of hydrogen-bond acceptors (Lipinski definition) is 4. The highest BCUT2D eigenvalue weighted by atomic mass is 16.2. The van der Waals surface area contributed by atoms with Crippen molar-refractivity contribution in [3.05, 3.63) is 88.9 Å². The molecule has 0 saturated heterocycles. The summed E-state index contributed by atoms with van der Waals surface area (Å²) in [4.78, 5) is 25.9. The van der Waals surface area contributed by atoms with Gasteiger partial charge in [0.2, 0.25) is 0 Å². The Kier molecular flexibility index (Phi) is 5.06. The zero-order chi connectivity index (χ0) is 19.5. The van der Waals surface area contributed by atoms with Crippen LogP contribution in [-0.2, 0) is 19.5 Å². The molecule has 0 fully saturated rings. The first kappa shape index (κ1) is 18.2. The van der Waals surface area contributed by atoms with Crippen LogP contribution in [-0.4, -0.2) is 34.4 Å². The summed E-state index contributed by atoms with van der Waals surface area (Å²) in [7, 11) is 1.81. The summed E-state index contributed by atoms with van der Waals surface area (Å²) >= 11 is 0. The molecule has 0 unspecified atom stereocenters. The zero-order valence-electron chi connectivity index (χ0n) is 16.3. The number of carbonyl (C=O) groups excluding carboxylic acids is 1. The van der Waals surface area contributed by atoms with Crippen molar-refractivity contribution in [2.24, 2.45) is 0 Å². The number of carbonyl (C=O) groups is 1. The van der Waals surface area contributed by atoms with Crippen molar-refractivity contribution in [2.45, 2.75) is 26.4 Å². The normalized spacial score (nSPS) is 13.1. The minimum absolute atomic E-state index is 0.0898. The van der Waals surface area contributed by atoms with Crippen LogP contribution in [0.4, 0.5) is 5.82 Å². The molecule has 1 amide bonds. The number of aromatic nitrogens is 2. The first-order valence-electron chi connectivity index (χ1n) is 9.57. The van der Waals surface area contributed by atoms with E-state index in [2.05, 4.69) is 39.1 Å². The van der Waals surface area contributed by atoms with E-state index in [0.717, 1.165) is 30.9 Å².